The van der Waals surface area contributed by atoms with E-state index in [1.807, 2.05) is 20.8 Å². The summed E-state index contributed by atoms with van der Waals surface area (Å²) in [6.45, 7) is 9.57. The van der Waals surface area contributed by atoms with Crippen molar-refractivity contribution in [3.05, 3.63) is 24.3 Å². The molecule has 0 radical (unpaired) electrons. The van der Waals surface area contributed by atoms with Gasteiger partial charge in [-0.3, -0.25) is 4.79 Å². The highest BCUT2D eigenvalue weighted by Crippen LogP contribution is 2.24. The topological polar surface area (TPSA) is 78.9 Å². The molecule has 0 rings (SSSR count). The van der Waals surface area contributed by atoms with Gasteiger partial charge < -0.3 is 14.2 Å². The zero-order valence-corrected chi connectivity index (χ0v) is 15.9. The molecule has 6 heteroatoms. The number of rotatable bonds is 11. The molecule has 2 atom stereocenters. The Kier molecular flexibility index (Phi) is 11.2. The number of ether oxygens (including phenoxy) is 3. The first kappa shape index (κ1) is 22.9. The van der Waals surface area contributed by atoms with Gasteiger partial charge in [0.2, 0.25) is 0 Å². The quantitative estimate of drug-likeness (QED) is 0.245. The number of esters is 3. The van der Waals surface area contributed by atoms with E-state index in [1.54, 1.807) is 6.92 Å². The summed E-state index contributed by atoms with van der Waals surface area (Å²) in [7, 11) is 0. The third-order valence-corrected chi connectivity index (χ3v) is 3.68. The van der Waals surface area contributed by atoms with Crippen LogP contribution in [0.2, 0.25) is 0 Å². The minimum Gasteiger partial charge on any atom is -0.463 e. The SMILES string of the molecule is CCOC(=O)/C=C\C=C/C(=O)OCC(C)CCC(C)(CC)OC(C)=O. The summed E-state index contributed by atoms with van der Waals surface area (Å²) in [6, 6.07) is 0. The summed E-state index contributed by atoms with van der Waals surface area (Å²) in [5.41, 5.74) is -0.484. The molecule has 0 fully saturated rings. The lowest BCUT2D eigenvalue weighted by atomic mass is 9.92. The molecule has 0 aliphatic rings. The summed E-state index contributed by atoms with van der Waals surface area (Å²) in [6.07, 6.45) is 7.55. The smallest absolute Gasteiger partial charge is 0.330 e. The van der Waals surface area contributed by atoms with Crippen molar-refractivity contribution in [3.8, 4) is 0 Å². The molecule has 0 aliphatic carbocycles. The van der Waals surface area contributed by atoms with Crippen LogP contribution in [0.4, 0.5) is 0 Å². The standard InChI is InChI=1S/C19H30O6/c1-6-19(5,25-16(4)20)13-12-15(3)14-24-18(22)11-9-8-10-17(21)23-7-2/h8-11,15H,6-7,12-14H2,1-5H3/b10-8-,11-9-. The average molecular weight is 354 g/mol. The Bertz CT molecular complexity index is 494. The van der Waals surface area contributed by atoms with E-state index in [0.29, 0.717) is 13.0 Å². The van der Waals surface area contributed by atoms with E-state index >= 15 is 0 Å². The molecule has 0 N–H and O–H groups in total. The van der Waals surface area contributed by atoms with Gasteiger partial charge in [-0.05, 0) is 39.0 Å². The van der Waals surface area contributed by atoms with Crippen LogP contribution in [0.25, 0.3) is 0 Å². The Balaban J connectivity index is 4.16. The summed E-state index contributed by atoms with van der Waals surface area (Å²) in [5, 5.41) is 0. The fraction of sp³-hybridized carbons (Fsp3) is 0.632. The second-order valence-electron chi connectivity index (χ2n) is 6.14. The Morgan fingerprint density at radius 3 is 2.08 bits per heavy atom. The van der Waals surface area contributed by atoms with E-state index in [9.17, 15) is 14.4 Å². The van der Waals surface area contributed by atoms with Crippen molar-refractivity contribution < 1.29 is 28.6 Å². The van der Waals surface area contributed by atoms with Crippen LogP contribution in [0.5, 0.6) is 0 Å². The largest absolute Gasteiger partial charge is 0.463 e. The van der Waals surface area contributed by atoms with Gasteiger partial charge in [0.25, 0.3) is 0 Å². The maximum Gasteiger partial charge on any atom is 0.330 e. The van der Waals surface area contributed by atoms with Crippen molar-refractivity contribution in [3.63, 3.8) is 0 Å². The van der Waals surface area contributed by atoms with Gasteiger partial charge in [0.15, 0.2) is 0 Å². The van der Waals surface area contributed by atoms with Crippen LogP contribution >= 0.6 is 0 Å². The van der Waals surface area contributed by atoms with Gasteiger partial charge in [-0.2, -0.15) is 0 Å². The first-order valence-corrected chi connectivity index (χ1v) is 8.60. The summed E-state index contributed by atoms with van der Waals surface area (Å²) < 4.78 is 15.2. The summed E-state index contributed by atoms with van der Waals surface area (Å²) in [4.78, 5) is 33.8. The molecule has 0 aliphatic heterocycles. The van der Waals surface area contributed by atoms with Gasteiger partial charge in [-0.25, -0.2) is 9.59 Å². The molecule has 0 aromatic rings. The fourth-order valence-corrected chi connectivity index (χ4v) is 2.01. The lowest BCUT2D eigenvalue weighted by molar-refractivity contribution is -0.156. The van der Waals surface area contributed by atoms with Crippen molar-refractivity contribution in [2.24, 2.45) is 5.92 Å². The Labute approximate surface area is 150 Å². The third kappa shape index (κ3) is 12.0. The maximum atomic E-state index is 11.6. The first-order chi connectivity index (χ1) is 11.7. The van der Waals surface area contributed by atoms with E-state index in [4.69, 9.17) is 14.2 Å². The average Bonchev–Trinajstić information content (AvgIpc) is 2.54. The Morgan fingerprint density at radius 1 is 1.04 bits per heavy atom. The molecule has 0 amide bonds. The van der Waals surface area contributed by atoms with Gasteiger partial charge in [-0.1, -0.05) is 26.0 Å². The lowest BCUT2D eigenvalue weighted by Gasteiger charge is -2.29. The van der Waals surface area contributed by atoms with Crippen molar-refractivity contribution in [1.82, 2.24) is 0 Å². The fourth-order valence-electron chi connectivity index (χ4n) is 2.01. The van der Waals surface area contributed by atoms with E-state index in [2.05, 4.69) is 0 Å². The monoisotopic (exact) mass is 354 g/mol. The molecule has 0 saturated heterocycles. The molecular weight excluding hydrogens is 324 g/mol. The van der Waals surface area contributed by atoms with Crippen LogP contribution in [0.1, 0.15) is 53.9 Å². The van der Waals surface area contributed by atoms with Crippen LogP contribution in [-0.2, 0) is 28.6 Å². The van der Waals surface area contributed by atoms with Crippen LogP contribution in [0, 0.1) is 5.92 Å². The van der Waals surface area contributed by atoms with Crippen LogP contribution < -0.4 is 0 Å². The van der Waals surface area contributed by atoms with Crippen molar-refractivity contribution in [1.29, 1.82) is 0 Å². The highest BCUT2D eigenvalue weighted by atomic mass is 16.6. The predicted octanol–water partition coefficient (Wildman–Crippen LogP) is 3.35. The highest BCUT2D eigenvalue weighted by molar-refractivity contribution is 5.84. The number of hydrogen-bond acceptors (Lipinski definition) is 6. The van der Waals surface area contributed by atoms with Gasteiger partial charge in [-0.15, -0.1) is 0 Å². The third-order valence-electron chi connectivity index (χ3n) is 3.68. The molecule has 142 valence electrons. The van der Waals surface area contributed by atoms with Gasteiger partial charge in [0.05, 0.1) is 13.2 Å². The molecule has 0 aromatic heterocycles. The number of allylic oxidation sites excluding steroid dienone is 2. The van der Waals surface area contributed by atoms with Gasteiger partial charge >= 0.3 is 17.9 Å². The first-order valence-electron chi connectivity index (χ1n) is 8.60. The molecule has 2 unspecified atom stereocenters. The molecular formula is C19H30O6. The number of carbonyl (C=O) groups excluding carboxylic acids is 3. The summed E-state index contributed by atoms with van der Waals surface area (Å²) >= 11 is 0. The second-order valence-corrected chi connectivity index (χ2v) is 6.14. The molecule has 0 spiro atoms. The maximum absolute atomic E-state index is 11.6. The van der Waals surface area contributed by atoms with Crippen LogP contribution in [0.15, 0.2) is 24.3 Å². The molecule has 0 bridgehead atoms. The molecule has 25 heavy (non-hydrogen) atoms. The van der Waals surface area contributed by atoms with Crippen molar-refractivity contribution >= 4 is 17.9 Å². The van der Waals surface area contributed by atoms with E-state index < -0.39 is 17.5 Å². The molecule has 0 aromatic carbocycles. The second kappa shape index (κ2) is 12.3. The number of carbonyl (C=O) groups is 3. The normalized spacial score (nSPS) is 14.9. The van der Waals surface area contributed by atoms with E-state index in [1.165, 1.54) is 31.2 Å². The molecule has 6 nitrogen and oxygen atoms in total. The zero-order chi connectivity index (χ0) is 19.3. The summed E-state index contributed by atoms with van der Waals surface area (Å²) in [5.74, 6) is -1.07. The highest BCUT2D eigenvalue weighted by Gasteiger charge is 2.26. The van der Waals surface area contributed by atoms with Crippen LogP contribution in [-0.4, -0.2) is 36.7 Å². The van der Waals surface area contributed by atoms with Gasteiger partial charge in [0, 0.05) is 19.1 Å². The van der Waals surface area contributed by atoms with E-state index in [-0.39, 0.29) is 18.5 Å². The van der Waals surface area contributed by atoms with Gasteiger partial charge in [0.1, 0.15) is 5.60 Å². The van der Waals surface area contributed by atoms with E-state index in [0.717, 1.165) is 12.8 Å². The predicted molar refractivity (Wildman–Crippen MR) is 94.7 cm³/mol. The molecule has 0 saturated carbocycles. The zero-order valence-electron chi connectivity index (χ0n) is 15.9. The molecule has 0 heterocycles. The van der Waals surface area contributed by atoms with Crippen molar-refractivity contribution in [2.45, 2.75) is 59.5 Å². The minimum absolute atomic E-state index is 0.147. The number of hydrogen-bond donors (Lipinski definition) is 0. The lowest BCUT2D eigenvalue weighted by Crippen LogP contribution is -2.31. The Morgan fingerprint density at radius 2 is 1.60 bits per heavy atom. The van der Waals surface area contributed by atoms with Crippen molar-refractivity contribution in [2.75, 3.05) is 13.2 Å². The van der Waals surface area contributed by atoms with Crippen LogP contribution in [0.3, 0.4) is 0 Å². The minimum atomic E-state index is -0.484. The Hall–Kier alpha value is -2.11.